The highest BCUT2D eigenvalue weighted by molar-refractivity contribution is 7.95. The maximum atomic E-state index is 12.3. The lowest BCUT2D eigenvalue weighted by molar-refractivity contribution is 0.229. The molecule has 0 saturated carbocycles. The number of piperazine rings is 1. The highest BCUT2D eigenvalue weighted by atomic mass is 32.2. The average Bonchev–Trinajstić information content (AvgIpc) is 2.78. The second-order valence-corrected chi connectivity index (χ2v) is 10.0. The summed E-state index contributed by atoms with van der Waals surface area (Å²) >= 11 is 0. The lowest BCUT2D eigenvalue weighted by Crippen LogP contribution is -2.47. The van der Waals surface area contributed by atoms with Crippen LogP contribution in [0.5, 0.6) is 0 Å². The van der Waals surface area contributed by atoms with Gasteiger partial charge in [0, 0.05) is 46.3 Å². The zero-order valence-corrected chi connectivity index (χ0v) is 13.4. The maximum Gasteiger partial charge on any atom is 0.217 e. The number of hydrogen-bond acceptors (Lipinski definition) is 6. The molecular formula is C11H23N3O4S2. The number of nitrogens with zero attached hydrogens (tertiary/aromatic N) is 2. The van der Waals surface area contributed by atoms with Crippen molar-refractivity contribution in [2.75, 3.05) is 57.8 Å². The second-order valence-electron chi connectivity index (χ2n) is 5.48. The van der Waals surface area contributed by atoms with Crippen LogP contribution in [-0.2, 0) is 19.9 Å². The number of sulfone groups is 1. The van der Waals surface area contributed by atoms with Crippen LogP contribution in [0.1, 0.15) is 6.42 Å². The van der Waals surface area contributed by atoms with E-state index >= 15 is 0 Å². The molecule has 1 atom stereocenters. The summed E-state index contributed by atoms with van der Waals surface area (Å²) in [5.74, 6) is -0.240. The van der Waals surface area contributed by atoms with Crippen molar-refractivity contribution < 1.29 is 16.8 Å². The van der Waals surface area contributed by atoms with E-state index < -0.39 is 25.1 Å². The minimum absolute atomic E-state index is 0.0114. The van der Waals surface area contributed by atoms with E-state index in [1.165, 1.54) is 4.31 Å². The Kier molecular flexibility index (Phi) is 5.06. The molecule has 2 aliphatic rings. The summed E-state index contributed by atoms with van der Waals surface area (Å²) in [6, 6.07) is 0. The van der Waals surface area contributed by atoms with Crippen LogP contribution in [0.25, 0.3) is 0 Å². The SMILES string of the molecule is CN(CCN1CCNCC1)S(=O)(=O)C1CCS(=O)(=O)C1. The standard InChI is InChI=1S/C11H23N3O4S2/c1-13(7-8-14-5-3-12-4-6-14)20(17,18)11-2-9-19(15,16)10-11/h11-12H,2-10H2,1H3. The second kappa shape index (κ2) is 6.27. The first kappa shape index (κ1) is 16.2. The molecule has 2 rings (SSSR count). The van der Waals surface area contributed by atoms with Gasteiger partial charge >= 0.3 is 0 Å². The molecule has 0 aromatic carbocycles. The van der Waals surface area contributed by atoms with Crippen molar-refractivity contribution in [3.05, 3.63) is 0 Å². The van der Waals surface area contributed by atoms with Gasteiger partial charge in [0.05, 0.1) is 16.8 Å². The molecule has 0 radical (unpaired) electrons. The molecule has 0 aromatic rings. The molecule has 1 N–H and O–H groups in total. The quantitative estimate of drug-likeness (QED) is 0.651. The van der Waals surface area contributed by atoms with Crippen LogP contribution in [0.4, 0.5) is 0 Å². The highest BCUT2D eigenvalue weighted by Gasteiger charge is 2.39. The fourth-order valence-corrected chi connectivity index (χ4v) is 6.86. The predicted octanol–water partition coefficient (Wildman–Crippen LogP) is -1.66. The summed E-state index contributed by atoms with van der Waals surface area (Å²) in [6.45, 7) is 4.81. The van der Waals surface area contributed by atoms with E-state index in [9.17, 15) is 16.8 Å². The Hall–Kier alpha value is -0.220. The fourth-order valence-electron chi connectivity index (χ4n) is 2.59. The summed E-state index contributed by atoms with van der Waals surface area (Å²) < 4.78 is 48.8. The van der Waals surface area contributed by atoms with Crippen molar-refractivity contribution in [2.24, 2.45) is 0 Å². The van der Waals surface area contributed by atoms with Crippen LogP contribution in [0.2, 0.25) is 0 Å². The first-order chi connectivity index (χ1) is 9.31. The first-order valence-corrected chi connectivity index (χ1v) is 10.2. The smallest absolute Gasteiger partial charge is 0.217 e. The van der Waals surface area contributed by atoms with E-state index in [1.54, 1.807) is 7.05 Å². The molecular weight excluding hydrogens is 302 g/mol. The molecule has 2 aliphatic heterocycles. The van der Waals surface area contributed by atoms with Crippen molar-refractivity contribution in [1.82, 2.24) is 14.5 Å². The maximum absolute atomic E-state index is 12.3. The number of nitrogens with one attached hydrogen (secondary N) is 1. The predicted molar refractivity (Wildman–Crippen MR) is 77.9 cm³/mol. The van der Waals surface area contributed by atoms with Crippen molar-refractivity contribution in [1.29, 1.82) is 0 Å². The van der Waals surface area contributed by atoms with E-state index in [2.05, 4.69) is 10.2 Å². The Morgan fingerprint density at radius 1 is 1.30 bits per heavy atom. The van der Waals surface area contributed by atoms with Gasteiger partial charge < -0.3 is 5.32 Å². The Morgan fingerprint density at radius 2 is 1.95 bits per heavy atom. The van der Waals surface area contributed by atoms with E-state index in [0.717, 1.165) is 26.2 Å². The van der Waals surface area contributed by atoms with Crippen molar-refractivity contribution in [3.63, 3.8) is 0 Å². The normalized spacial score (nSPS) is 28.0. The van der Waals surface area contributed by atoms with Crippen LogP contribution in [0.3, 0.4) is 0 Å². The molecule has 2 fully saturated rings. The molecule has 118 valence electrons. The van der Waals surface area contributed by atoms with E-state index in [0.29, 0.717) is 13.1 Å². The number of sulfonamides is 1. The van der Waals surface area contributed by atoms with Gasteiger partial charge in [0.2, 0.25) is 10.0 Å². The lowest BCUT2D eigenvalue weighted by Gasteiger charge is -2.29. The Bertz CT molecular complexity index is 526. The van der Waals surface area contributed by atoms with Gasteiger partial charge in [-0.2, -0.15) is 0 Å². The summed E-state index contributed by atoms with van der Waals surface area (Å²) in [4.78, 5) is 2.22. The summed E-state index contributed by atoms with van der Waals surface area (Å²) in [6.07, 6.45) is 0.225. The third kappa shape index (κ3) is 3.91. The third-order valence-electron chi connectivity index (χ3n) is 3.99. The van der Waals surface area contributed by atoms with Crippen molar-refractivity contribution >= 4 is 19.9 Å². The van der Waals surface area contributed by atoms with Crippen LogP contribution in [0, 0.1) is 0 Å². The van der Waals surface area contributed by atoms with Gasteiger partial charge in [-0.15, -0.1) is 0 Å². The molecule has 2 saturated heterocycles. The zero-order valence-electron chi connectivity index (χ0n) is 11.8. The van der Waals surface area contributed by atoms with Crippen LogP contribution < -0.4 is 5.32 Å². The molecule has 2 heterocycles. The van der Waals surface area contributed by atoms with Gasteiger partial charge in [0.25, 0.3) is 0 Å². The molecule has 20 heavy (non-hydrogen) atoms. The molecule has 7 nitrogen and oxygen atoms in total. The molecule has 0 aliphatic carbocycles. The van der Waals surface area contributed by atoms with E-state index in [1.807, 2.05) is 0 Å². The van der Waals surface area contributed by atoms with Gasteiger partial charge in [-0.3, -0.25) is 4.90 Å². The summed E-state index contributed by atoms with van der Waals surface area (Å²) in [7, 11) is -5.13. The van der Waals surface area contributed by atoms with E-state index in [-0.39, 0.29) is 17.9 Å². The third-order valence-corrected chi connectivity index (χ3v) is 8.26. The summed E-state index contributed by atoms with van der Waals surface area (Å²) in [5, 5.41) is 2.48. The lowest BCUT2D eigenvalue weighted by atomic mass is 10.3. The fraction of sp³-hybridized carbons (Fsp3) is 1.00. The Morgan fingerprint density at radius 3 is 2.50 bits per heavy atom. The average molecular weight is 325 g/mol. The number of likely N-dealkylation sites (N-methyl/N-ethyl adjacent to an activating group) is 1. The first-order valence-electron chi connectivity index (χ1n) is 6.90. The minimum Gasteiger partial charge on any atom is -0.314 e. The largest absolute Gasteiger partial charge is 0.314 e. The molecule has 1 unspecified atom stereocenters. The molecule has 0 bridgehead atoms. The molecule has 9 heteroatoms. The highest BCUT2D eigenvalue weighted by Crippen LogP contribution is 2.21. The van der Waals surface area contributed by atoms with Crippen molar-refractivity contribution in [3.8, 4) is 0 Å². The van der Waals surface area contributed by atoms with Gasteiger partial charge in [-0.25, -0.2) is 21.1 Å². The summed E-state index contributed by atoms with van der Waals surface area (Å²) in [5.41, 5.74) is 0. The zero-order chi connectivity index (χ0) is 14.8. The van der Waals surface area contributed by atoms with Gasteiger partial charge in [-0.05, 0) is 6.42 Å². The Labute approximate surface area is 121 Å². The monoisotopic (exact) mass is 325 g/mol. The van der Waals surface area contributed by atoms with E-state index in [4.69, 9.17) is 0 Å². The van der Waals surface area contributed by atoms with Gasteiger partial charge in [-0.1, -0.05) is 0 Å². The molecule has 0 aromatic heterocycles. The van der Waals surface area contributed by atoms with Gasteiger partial charge in [0.1, 0.15) is 0 Å². The van der Waals surface area contributed by atoms with Crippen LogP contribution in [-0.4, -0.2) is 89.1 Å². The number of hydrogen-bond donors (Lipinski definition) is 1. The molecule has 0 amide bonds. The van der Waals surface area contributed by atoms with Gasteiger partial charge in [0.15, 0.2) is 9.84 Å². The molecule has 0 spiro atoms. The van der Waals surface area contributed by atoms with Crippen LogP contribution in [0.15, 0.2) is 0 Å². The Balaban J connectivity index is 1.88. The van der Waals surface area contributed by atoms with Crippen molar-refractivity contribution in [2.45, 2.75) is 11.7 Å². The topological polar surface area (TPSA) is 86.8 Å². The number of rotatable bonds is 5. The van der Waals surface area contributed by atoms with Crippen LogP contribution >= 0.6 is 0 Å². The minimum atomic E-state index is -3.50.